The van der Waals surface area contributed by atoms with E-state index in [1.165, 1.54) is 75.4 Å². The summed E-state index contributed by atoms with van der Waals surface area (Å²) in [6.07, 6.45) is 4.65. The van der Waals surface area contributed by atoms with Gasteiger partial charge in [-0.2, -0.15) is 0 Å². The van der Waals surface area contributed by atoms with E-state index in [0.717, 1.165) is 52.6 Å². The molecule has 0 aromatic heterocycles. The van der Waals surface area contributed by atoms with Gasteiger partial charge in [-0.1, -0.05) is 58.5 Å². The van der Waals surface area contributed by atoms with E-state index in [1.54, 1.807) is 0 Å². The average Bonchev–Trinajstić information content (AvgIpc) is 3.30. The molecule has 2 aliphatic heterocycles. The Labute approximate surface area is 428 Å². The Bertz CT molecular complexity index is 2490. The Balaban J connectivity index is 0.000000295. The van der Waals surface area contributed by atoms with E-state index in [0.29, 0.717) is 17.8 Å². The Kier molecular flexibility index (Phi) is 23.4. The van der Waals surface area contributed by atoms with Gasteiger partial charge in [-0.25, -0.2) is 25.4 Å². The number of rotatable bonds is 15. The molecule has 6 rings (SSSR count). The molecule has 2 atom stereocenters. The van der Waals surface area contributed by atoms with Crippen molar-refractivity contribution in [3.05, 3.63) is 105 Å². The number of nitrogens with one attached hydrogen (secondary N) is 1. The van der Waals surface area contributed by atoms with Crippen LogP contribution in [0.3, 0.4) is 0 Å². The molecule has 0 bridgehead atoms. The lowest BCUT2D eigenvalue weighted by Crippen LogP contribution is -2.45. The van der Waals surface area contributed by atoms with Crippen LogP contribution in [-0.2, 0) is 29.6 Å². The van der Waals surface area contributed by atoms with E-state index >= 15 is 0 Å². The third kappa shape index (κ3) is 16.8. The summed E-state index contributed by atoms with van der Waals surface area (Å²) in [6, 6.07) is 25.9. The van der Waals surface area contributed by atoms with Crippen molar-refractivity contribution >= 4 is 113 Å². The number of benzene rings is 4. The molecule has 4 aromatic rings. The van der Waals surface area contributed by atoms with E-state index < -0.39 is 26.0 Å². The zero-order valence-electron chi connectivity index (χ0n) is 39.1. The molecule has 2 fully saturated rings. The third-order valence-corrected chi connectivity index (χ3v) is 17.2. The molecule has 15 nitrogen and oxygen atoms in total. The van der Waals surface area contributed by atoms with Crippen molar-refractivity contribution < 1.29 is 31.5 Å². The smallest absolute Gasteiger partial charge is 0.304 e. The van der Waals surface area contributed by atoms with E-state index in [2.05, 4.69) is 65.2 Å². The highest BCUT2D eigenvalue weighted by molar-refractivity contribution is 7.89. The van der Waals surface area contributed by atoms with Crippen LogP contribution in [0, 0.1) is 0 Å². The Hall–Kier alpha value is -3.59. The molecule has 376 valence electrons. The summed E-state index contributed by atoms with van der Waals surface area (Å²) in [5.41, 5.74) is 9.64. The molecule has 2 unspecified atom stereocenters. The lowest BCUT2D eigenvalue weighted by atomic mass is 10.0. The number of likely N-dealkylation sites (N-methyl/N-ethyl adjacent to an activating group) is 2. The molecule has 0 saturated carbocycles. The van der Waals surface area contributed by atoms with Gasteiger partial charge in [-0.05, 0) is 127 Å². The predicted molar refractivity (Wildman–Crippen MR) is 280 cm³/mol. The van der Waals surface area contributed by atoms with Crippen LogP contribution in [0.2, 0.25) is 20.1 Å². The number of anilines is 4. The summed E-state index contributed by atoms with van der Waals surface area (Å²) in [6.45, 7) is 4.16. The maximum Gasteiger partial charge on any atom is 0.304 e. The summed E-state index contributed by atoms with van der Waals surface area (Å²) in [4.78, 5) is 32.0. The molecule has 1 amide bonds. The fraction of sp³-hybridized carbons (Fsp3) is 0.435. The molecule has 2 saturated heterocycles. The van der Waals surface area contributed by atoms with E-state index in [-0.39, 0.29) is 74.1 Å². The van der Waals surface area contributed by atoms with Crippen molar-refractivity contribution in [2.45, 2.75) is 60.4 Å². The van der Waals surface area contributed by atoms with Crippen molar-refractivity contribution in [1.82, 2.24) is 18.4 Å². The average molecular weight is 1080 g/mol. The maximum atomic E-state index is 12.8. The molecule has 22 heteroatoms. The summed E-state index contributed by atoms with van der Waals surface area (Å²) < 4.78 is 51.8. The number of aliphatic carboxylic acids is 1. The minimum absolute atomic E-state index is 0. The summed E-state index contributed by atoms with van der Waals surface area (Å²) >= 11 is 23.6. The quantitative estimate of drug-likeness (QED) is 0.0969. The fourth-order valence-corrected chi connectivity index (χ4v) is 11.1. The first kappa shape index (κ1) is 58.7. The lowest BCUT2D eigenvalue weighted by molar-refractivity contribution is -0.137. The first-order chi connectivity index (χ1) is 31.5. The lowest BCUT2D eigenvalue weighted by Gasteiger charge is -2.37. The standard InChI is InChI=1S/C23H30Cl2N4O3S.C13H21N3.C10H11Cl2NO4S.ClH/c1-27(2)19-6-5-14-29(16-19)18-11-9-17(10-12-18)26-22(30)13-15-28(3)33(31,32)21-8-4-7-20(24)23(21)25;1-15(2)13-4-3-9-16(10-13)12-7-5-11(14)6-8-12;1-13(6-5-9(14)15)18(16,17)8-4-2-3-7(11)10(8)12;/h4,7-12,19H,5-6,13-16H2,1-3H3,(H,26,30);5-8,13H,3-4,9-10,14H2,1-2H3;2-4H,5-6H2,1H3,(H,14,15);1H. The van der Waals surface area contributed by atoms with Crippen LogP contribution in [0.25, 0.3) is 0 Å². The van der Waals surface area contributed by atoms with Crippen molar-refractivity contribution in [3.8, 4) is 0 Å². The zero-order valence-corrected chi connectivity index (χ0v) is 44.6. The Morgan fingerprint density at radius 1 is 0.647 bits per heavy atom. The maximum absolute atomic E-state index is 12.8. The van der Waals surface area contributed by atoms with Gasteiger partial charge in [0.1, 0.15) is 9.79 Å². The van der Waals surface area contributed by atoms with Crippen molar-refractivity contribution in [3.63, 3.8) is 0 Å². The highest BCUT2D eigenvalue weighted by Crippen LogP contribution is 2.32. The van der Waals surface area contributed by atoms with Crippen LogP contribution in [0.4, 0.5) is 22.7 Å². The van der Waals surface area contributed by atoms with Gasteiger partial charge >= 0.3 is 5.97 Å². The minimum atomic E-state index is -3.86. The minimum Gasteiger partial charge on any atom is -0.481 e. The van der Waals surface area contributed by atoms with Gasteiger partial charge in [-0.3, -0.25) is 9.59 Å². The van der Waals surface area contributed by atoms with E-state index in [9.17, 15) is 26.4 Å². The van der Waals surface area contributed by atoms with Gasteiger partial charge in [0.2, 0.25) is 26.0 Å². The molecule has 68 heavy (non-hydrogen) atoms. The third-order valence-electron chi connectivity index (χ3n) is 11.5. The number of piperidine rings is 2. The Morgan fingerprint density at radius 2 is 1.04 bits per heavy atom. The summed E-state index contributed by atoms with van der Waals surface area (Å²) in [5.74, 6) is -1.35. The first-order valence-electron chi connectivity index (χ1n) is 21.6. The van der Waals surface area contributed by atoms with E-state index in [1.807, 2.05) is 36.4 Å². The number of carbonyl (C=O) groups excluding carboxylic acids is 1. The second-order valence-electron chi connectivity index (χ2n) is 16.7. The summed E-state index contributed by atoms with van der Waals surface area (Å²) in [7, 11) is 3.55. The van der Waals surface area contributed by atoms with E-state index in [4.69, 9.17) is 57.2 Å². The molecule has 4 aromatic carbocycles. The zero-order chi connectivity index (χ0) is 49.6. The highest BCUT2D eigenvalue weighted by Gasteiger charge is 2.27. The Morgan fingerprint density at radius 3 is 1.44 bits per heavy atom. The van der Waals surface area contributed by atoms with Crippen molar-refractivity contribution in [2.75, 3.05) is 102 Å². The van der Waals surface area contributed by atoms with Crippen LogP contribution in [0.5, 0.6) is 0 Å². The molecule has 4 N–H and O–H groups in total. The number of sulfonamides is 2. The molecular weight excluding hydrogens is 1020 g/mol. The summed E-state index contributed by atoms with van der Waals surface area (Å²) in [5, 5.41) is 11.6. The largest absolute Gasteiger partial charge is 0.481 e. The monoisotopic (exact) mass is 1080 g/mol. The number of hydrogen-bond acceptors (Lipinski definition) is 11. The molecular formula is C46H63Cl5N8O7S2. The van der Waals surface area contributed by atoms with Crippen molar-refractivity contribution in [1.29, 1.82) is 0 Å². The number of nitrogen functional groups attached to an aromatic ring is 1. The van der Waals surface area contributed by atoms with Crippen LogP contribution in [-0.4, -0.2) is 146 Å². The van der Waals surface area contributed by atoms with Crippen molar-refractivity contribution in [2.24, 2.45) is 0 Å². The molecule has 0 radical (unpaired) electrons. The van der Waals surface area contributed by atoms with Gasteiger partial charge in [-0.15, -0.1) is 12.4 Å². The van der Waals surface area contributed by atoms with Gasteiger partial charge < -0.3 is 35.8 Å². The second-order valence-corrected chi connectivity index (χ2v) is 22.3. The van der Waals surface area contributed by atoms with Crippen LogP contribution >= 0.6 is 58.8 Å². The number of carbonyl (C=O) groups is 2. The first-order valence-corrected chi connectivity index (χ1v) is 26.0. The van der Waals surface area contributed by atoms with Gasteiger partial charge in [0.15, 0.2) is 0 Å². The number of carboxylic acid groups (broad SMARTS) is 1. The normalized spacial score (nSPS) is 16.4. The SMILES string of the molecule is CN(C)C1CCCN(c2ccc(N)cc2)C1.CN(C)C1CCCN(c2ccc(NC(=O)CCN(C)S(=O)(=O)c3cccc(Cl)c3Cl)cc2)C1.CN(CCC(=O)O)S(=O)(=O)c1cccc(Cl)c1Cl.Cl. The fourth-order valence-electron chi connectivity index (χ4n) is 7.34. The topological polar surface area (TPSA) is 180 Å². The van der Waals surface area contributed by atoms with Crippen LogP contribution in [0.15, 0.2) is 94.7 Å². The molecule has 2 aliphatic rings. The highest BCUT2D eigenvalue weighted by atomic mass is 35.5. The van der Waals surface area contributed by atoms with Gasteiger partial charge in [0.05, 0.1) is 26.5 Å². The number of carboxylic acids is 1. The predicted octanol–water partition coefficient (Wildman–Crippen LogP) is 8.48. The van der Waals surface area contributed by atoms with Crippen LogP contribution < -0.4 is 20.9 Å². The number of hydrogen-bond donors (Lipinski definition) is 3. The number of nitrogens with zero attached hydrogens (tertiary/aromatic N) is 6. The second kappa shape index (κ2) is 27.1. The molecule has 0 spiro atoms. The van der Waals surface area contributed by atoms with Gasteiger partial charge in [0.25, 0.3) is 0 Å². The van der Waals surface area contributed by atoms with Crippen LogP contribution in [0.1, 0.15) is 38.5 Å². The molecule has 0 aliphatic carbocycles. The van der Waals surface area contributed by atoms with Gasteiger partial charge in [0, 0.05) is 94.6 Å². The number of amides is 1. The number of nitrogens with two attached hydrogens (primary N) is 1. The number of halogens is 5. The molecule has 2 heterocycles.